The Kier molecular flexibility index (Phi) is 4.83. The summed E-state index contributed by atoms with van der Waals surface area (Å²) in [4.78, 5) is 20.3. The van der Waals surface area contributed by atoms with Crippen LogP contribution in [0.25, 0.3) is 0 Å². The molecule has 0 amide bonds. The summed E-state index contributed by atoms with van der Waals surface area (Å²) in [5.41, 5.74) is 1.98. The Morgan fingerprint density at radius 1 is 1.27 bits per heavy atom. The van der Waals surface area contributed by atoms with Gasteiger partial charge < -0.3 is 5.32 Å². The number of benzene rings is 1. The maximum atomic E-state index is 11.8. The summed E-state index contributed by atoms with van der Waals surface area (Å²) in [6.07, 6.45) is 4.83. The lowest BCUT2D eigenvalue weighted by atomic mass is 10.2. The largest absolute Gasteiger partial charge is 0.353 e. The number of nitrogens with zero attached hydrogens (tertiary/aromatic N) is 1. The molecule has 0 unspecified atom stereocenters. The third kappa shape index (κ3) is 4.13. The summed E-state index contributed by atoms with van der Waals surface area (Å²) in [5, 5.41) is 3.35. The Balaban J connectivity index is 1.66. The molecule has 0 aliphatic heterocycles. The maximum Gasteiger partial charge on any atom is 0.252 e. The minimum absolute atomic E-state index is 0.0880. The number of nitrogens with one attached hydrogen (secondary N) is 2. The Bertz CT molecular complexity index is 675. The van der Waals surface area contributed by atoms with Gasteiger partial charge in [-0.05, 0) is 31.9 Å². The van der Waals surface area contributed by atoms with Crippen LogP contribution in [0.1, 0.15) is 36.9 Å². The molecule has 2 aromatic rings. The predicted molar refractivity (Wildman–Crippen MR) is 91.5 cm³/mol. The topological polar surface area (TPSA) is 57.8 Å². The third-order valence-electron chi connectivity index (χ3n) is 3.90. The van der Waals surface area contributed by atoms with E-state index >= 15 is 0 Å². The molecule has 5 heteroatoms. The minimum atomic E-state index is -0.0880. The number of H-pyrrole nitrogens is 1. The van der Waals surface area contributed by atoms with Gasteiger partial charge in [-0.1, -0.05) is 30.5 Å². The molecule has 116 valence electrons. The molecular formula is C17H21N3OS. The van der Waals surface area contributed by atoms with Crippen LogP contribution in [-0.4, -0.2) is 16.0 Å². The van der Waals surface area contributed by atoms with Crippen LogP contribution >= 0.6 is 11.8 Å². The lowest BCUT2D eigenvalue weighted by Gasteiger charge is -2.12. The van der Waals surface area contributed by atoms with E-state index in [-0.39, 0.29) is 5.56 Å². The average molecular weight is 315 g/mol. The fourth-order valence-corrected chi connectivity index (χ4v) is 3.50. The van der Waals surface area contributed by atoms with E-state index in [1.165, 1.54) is 23.3 Å². The fraction of sp³-hybridized carbons (Fsp3) is 0.412. The van der Waals surface area contributed by atoms with Gasteiger partial charge in [0.15, 0.2) is 0 Å². The Morgan fingerprint density at radius 2 is 2.00 bits per heavy atom. The van der Waals surface area contributed by atoms with Crippen LogP contribution in [-0.2, 0) is 5.75 Å². The predicted octanol–water partition coefficient (Wildman–Crippen LogP) is 3.73. The molecule has 0 atom stereocenters. The fourth-order valence-electron chi connectivity index (χ4n) is 2.71. The molecule has 1 aromatic heterocycles. The van der Waals surface area contributed by atoms with Crippen molar-refractivity contribution in [1.29, 1.82) is 0 Å². The number of hydrogen-bond acceptors (Lipinski definition) is 4. The van der Waals surface area contributed by atoms with Gasteiger partial charge in [0.2, 0.25) is 5.95 Å². The van der Waals surface area contributed by atoms with Gasteiger partial charge in [-0.15, -0.1) is 11.8 Å². The quantitative estimate of drug-likeness (QED) is 0.826. The summed E-state index contributed by atoms with van der Waals surface area (Å²) in [6, 6.07) is 10.4. The summed E-state index contributed by atoms with van der Waals surface area (Å²) in [5.74, 6) is 1.31. The first-order chi connectivity index (χ1) is 10.7. The molecule has 1 aliphatic rings. The minimum Gasteiger partial charge on any atom is -0.353 e. The van der Waals surface area contributed by atoms with Crippen LogP contribution in [0.2, 0.25) is 0 Å². The van der Waals surface area contributed by atoms with Gasteiger partial charge in [0.05, 0.1) is 5.69 Å². The standard InChI is InChI=1S/C17H21N3OS/c1-12-6-8-15(9-7-12)22-11-14-10-16(21)20-17(19-14)18-13-4-2-3-5-13/h6-10,13H,2-5,11H2,1H3,(H2,18,19,20,21). The number of rotatable bonds is 5. The summed E-state index contributed by atoms with van der Waals surface area (Å²) >= 11 is 1.70. The number of aromatic nitrogens is 2. The highest BCUT2D eigenvalue weighted by Crippen LogP contribution is 2.23. The normalized spacial score (nSPS) is 15.1. The first-order valence-corrected chi connectivity index (χ1v) is 8.74. The molecule has 22 heavy (non-hydrogen) atoms. The average Bonchev–Trinajstić information content (AvgIpc) is 2.99. The van der Waals surface area contributed by atoms with Crippen molar-refractivity contribution in [2.24, 2.45) is 0 Å². The van der Waals surface area contributed by atoms with Crippen molar-refractivity contribution >= 4 is 17.7 Å². The second kappa shape index (κ2) is 7.01. The van der Waals surface area contributed by atoms with Gasteiger partial charge in [0.25, 0.3) is 5.56 Å². The molecule has 1 aliphatic carbocycles. The van der Waals surface area contributed by atoms with E-state index < -0.39 is 0 Å². The smallest absolute Gasteiger partial charge is 0.252 e. The second-order valence-corrected chi connectivity index (χ2v) is 6.86. The maximum absolute atomic E-state index is 11.8. The number of aromatic amines is 1. The van der Waals surface area contributed by atoms with Crippen molar-refractivity contribution in [3.8, 4) is 0 Å². The highest BCUT2D eigenvalue weighted by Gasteiger charge is 2.15. The molecule has 3 rings (SSSR count). The van der Waals surface area contributed by atoms with Gasteiger partial charge in [0.1, 0.15) is 0 Å². The molecule has 1 fully saturated rings. The zero-order chi connectivity index (χ0) is 15.4. The van der Waals surface area contributed by atoms with E-state index in [0.29, 0.717) is 17.7 Å². The zero-order valence-electron chi connectivity index (χ0n) is 12.8. The lowest BCUT2D eigenvalue weighted by molar-refractivity contribution is 0.741. The van der Waals surface area contributed by atoms with Gasteiger partial charge in [-0.3, -0.25) is 9.78 Å². The van der Waals surface area contributed by atoms with Crippen LogP contribution in [0.5, 0.6) is 0 Å². The molecule has 0 saturated heterocycles. The van der Waals surface area contributed by atoms with E-state index in [9.17, 15) is 4.79 Å². The Hall–Kier alpha value is -1.75. The summed E-state index contributed by atoms with van der Waals surface area (Å²) < 4.78 is 0. The van der Waals surface area contributed by atoms with Gasteiger partial charge in [-0.2, -0.15) is 0 Å². The molecule has 0 bridgehead atoms. The van der Waals surface area contributed by atoms with Crippen LogP contribution < -0.4 is 10.9 Å². The van der Waals surface area contributed by atoms with Crippen LogP contribution in [0.4, 0.5) is 5.95 Å². The molecule has 1 aromatic carbocycles. The number of thioether (sulfide) groups is 1. The van der Waals surface area contributed by atoms with Crippen molar-refractivity contribution < 1.29 is 0 Å². The molecule has 4 nitrogen and oxygen atoms in total. The SMILES string of the molecule is Cc1ccc(SCc2cc(=O)[nH]c(NC3CCCC3)n2)cc1. The van der Waals surface area contributed by atoms with Crippen molar-refractivity contribution in [2.75, 3.05) is 5.32 Å². The number of anilines is 1. The molecule has 2 N–H and O–H groups in total. The van der Waals surface area contributed by atoms with Crippen LogP contribution in [0, 0.1) is 6.92 Å². The van der Waals surface area contributed by atoms with E-state index in [2.05, 4.69) is 46.5 Å². The van der Waals surface area contributed by atoms with Crippen LogP contribution in [0.15, 0.2) is 40.0 Å². The van der Waals surface area contributed by atoms with Gasteiger partial charge in [0, 0.05) is 22.8 Å². The Labute approximate surface area is 134 Å². The van der Waals surface area contributed by atoms with E-state index in [1.54, 1.807) is 17.8 Å². The first-order valence-electron chi connectivity index (χ1n) is 7.75. The van der Waals surface area contributed by atoms with Gasteiger partial charge in [-0.25, -0.2) is 4.98 Å². The van der Waals surface area contributed by atoms with Crippen molar-refractivity contribution in [3.05, 3.63) is 51.9 Å². The summed E-state index contributed by atoms with van der Waals surface area (Å²) in [7, 11) is 0. The number of aryl methyl sites for hydroxylation is 1. The van der Waals surface area contributed by atoms with Crippen molar-refractivity contribution in [3.63, 3.8) is 0 Å². The van der Waals surface area contributed by atoms with Crippen molar-refractivity contribution in [2.45, 2.75) is 49.3 Å². The zero-order valence-corrected chi connectivity index (χ0v) is 13.6. The molecule has 1 heterocycles. The monoisotopic (exact) mass is 315 g/mol. The van der Waals surface area contributed by atoms with E-state index in [1.807, 2.05) is 0 Å². The lowest BCUT2D eigenvalue weighted by Crippen LogP contribution is -2.20. The highest BCUT2D eigenvalue weighted by molar-refractivity contribution is 7.98. The van der Waals surface area contributed by atoms with Gasteiger partial charge >= 0.3 is 0 Å². The second-order valence-electron chi connectivity index (χ2n) is 5.81. The third-order valence-corrected chi connectivity index (χ3v) is 4.94. The first kappa shape index (κ1) is 15.2. The van der Waals surface area contributed by atoms with Crippen LogP contribution in [0.3, 0.4) is 0 Å². The van der Waals surface area contributed by atoms with E-state index in [4.69, 9.17) is 0 Å². The molecular weight excluding hydrogens is 294 g/mol. The molecule has 0 spiro atoms. The van der Waals surface area contributed by atoms with Crippen molar-refractivity contribution in [1.82, 2.24) is 9.97 Å². The van der Waals surface area contributed by atoms with E-state index in [0.717, 1.165) is 18.5 Å². The number of hydrogen-bond donors (Lipinski definition) is 2. The highest BCUT2D eigenvalue weighted by atomic mass is 32.2. The Morgan fingerprint density at radius 3 is 2.73 bits per heavy atom. The summed E-state index contributed by atoms with van der Waals surface area (Å²) in [6.45, 7) is 2.08. The molecule has 1 saturated carbocycles. The molecule has 0 radical (unpaired) electrons.